The Kier molecular flexibility index (Phi) is 4.62. The number of nitrogens with two attached hydrogens (primary N) is 1. The van der Waals surface area contributed by atoms with Gasteiger partial charge in [0.1, 0.15) is 0 Å². The first kappa shape index (κ1) is 15.5. The number of carbonyl (C=O) groups is 1. The Labute approximate surface area is 124 Å². The summed E-state index contributed by atoms with van der Waals surface area (Å²) in [5.74, 6) is 4.83. The number of rotatable bonds is 4. The predicted molar refractivity (Wildman–Crippen MR) is 80.7 cm³/mol. The van der Waals surface area contributed by atoms with Crippen LogP contribution in [0.3, 0.4) is 0 Å². The lowest BCUT2D eigenvalue weighted by Crippen LogP contribution is -2.45. The third-order valence-corrected chi connectivity index (χ3v) is 3.87. The van der Waals surface area contributed by atoms with Crippen LogP contribution in [0.2, 0.25) is 0 Å². The van der Waals surface area contributed by atoms with Crippen molar-refractivity contribution in [2.45, 2.75) is 39.7 Å². The van der Waals surface area contributed by atoms with E-state index in [-0.39, 0.29) is 18.0 Å². The Morgan fingerprint density at radius 3 is 2.62 bits per heavy atom. The van der Waals surface area contributed by atoms with Crippen LogP contribution in [0.5, 0.6) is 0 Å². The molecule has 7 heteroatoms. The van der Waals surface area contributed by atoms with Crippen LogP contribution < -0.4 is 21.7 Å². The van der Waals surface area contributed by atoms with Crippen molar-refractivity contribution in [1.82, 2.24) is 15.2 Å². The number of piperidine rings is 1. The fraction of sp³-hybridized carbons (Fsp3) is 0.643. The van der Waals surface area contributed by atoms with E-state index in [2.05, 4.69) is 15.4 Å². The SMILES string of the molecule is CC(C)(Cn1ncc(N2CCCCC2)cc1=O)C(=O)NN. The number of amides is 1. The van der Waals surface area contributed by atoms with Crippen molar-refractivity contribution in [2.24, 2.45) is 11.3 Å². The van der Waals surface area contributed by atoms with Crippen LogP contribution >= 0.6 is 0 Å². The molecule has 1 aromatic rings. The van der Waals surface area contributed by atoms with Crippen molar-refractivity contribution >= 4 is 11.6 Å². The van der Waals surface area contributed by atoms with Gasteiger partial charge >= 0.3 is 0 Å². The summed E-state index contributed by atoms with van der Waals surface area (Å²) in [6.45, 7) is 5.57. The smallest absolute Gasteiger partial charge is 0.268 e. The first-order chi connectivity index (χ1) is 9.94. The van der Waals surface area contributed by atoms with Gasteiger partial charge in [0.05, 0.1) is 23.8 Å². The average Bonchev–Trinajstić information content (AvgIpc) is 2.49. The normalized spacial score (nSPS) is 15.9. The molecule has 116 valence electrons. The van der Waals surface area contributed by atoms with Gasteiger partial charge in [0.15, 0.2) is 0 Å². The molecule has 1 aromatic heterocycles. The second kappa shape index (κ2) is 6.26. The van der Waals surface area contributed by atoms with Crippen molar-refractivity contribution in [3.05, 3.63) is 22.6 Å². The predicted octanol–water partition coefficient (Wildman–Crippen LogP) is 0.250. The molecule has 1 aliphatic rings. The highest BCUT2D eigenvalue weighted by Crippen LogP contribution is 2.19. The molecule has 3 N–H and O–H groups in total. The van der Waals surface area contributed by atoms with Crippen LogP contribution in [-0.4, -0.2) is 28.8 Å². The zero-order valence-electron chi connectivity index (χ0n) is 12.6. The Morgan fingerprint density at radius 1 is 1.38 bits per heavy atom. The molecular weight excluding hydrogens is 270 g/mol. The van der Waals surface area contributed by atoms with Crippen LogP contribution in [0.15, 0.2) is 17.1 Å². The lowest BCUT2D eigenvalue weighted by atomic mass is 9.93. The lowest BCUT2D eigenvalue weighted by Gasteiger charge is -2.28. The summed E-state index contributed by atoms with van der Waals surface area (Å²) < 4.78 is 1.31. The Balaban J connectivity index is 2.16. The molecule has 0 aliphatic carbocycles. The van der Waals surface area contributed by atoms with Gasteiger partial charge in [0.25, 0.3) is 5.56 Å². The van der Waals surface area contributed by atoms with Gasteiger partial charge < -0.3 is 4.90 Å². The van der Waals surface area contributed by atoms with E-state index in [9.17, 15) is 9.59 Å². The maximum absolute atomic E-state index is 12.2. The molecule has 0 spiro atoms. The van der Waals surface area contributed by atoms with Crippen molar-refractivity contribution < 1.29 is 4.79 Å². The third-order valence-electron chi connectivity index (χ3n) is 3.87. The molecule has 7 nitrogen and oxygen atoms in total. The molecule has 1 saturated heterocycles. The highest BCUT2D eigenvalue weighted by atomic mass is 16.2. The third kappa shape index (κ3) is 3.60. The quantitative estimate of drug-likeness (QED) is 0.471. The minimum atomic E-state index is -0.793. The van der Waals surface area contributed by atoms with Crippen molar-refractivity contribution in [3.63, 3.8) is 0 Å². The van der Waals surface area contributed by atoms with Gasteiger partial charge in [-0.1, -0.05) is 0 Å². The second-order valence-electron chi connectivity index (χ2n) is 6.11. The van der Waals surface area contributed by atoms with Crippen molar-refractivity contribution in [1.29, 1.82) is 0 Å². The largest absolute Gasteiger partial charge is 0.370 e. The maximum Gasteiger partial charge on any atom is 0.268 e. The molecule has 1 fully saturated rings. The highest BCUT2D eigenvalue weighted by Gasteiger charge is 2.28. The molecule has 0 unspecified atom stereocenters. The summed E-state index contributed by atoms with van der Waals surface area (Å²) in [6, 6.07) is 1.59. The number of nitrogens with zero attached hydrogens (tertiary/aromatic N) is 3. The van der Waals surface area contributed by atoms with Gasteiger partial charge in [0, 0.05) is 19.2 Å². The number of aromatic nitrogens is 2. The molecule has 0 atom stereocenters. The standard InChI is InChI=1S/C14H23N5O2/c1-14(2,13(21)17-15)10-19-12(20)8-11(9-16-19)18-6-4-3-5-7-18/h8-9H,3-7,10,15H2,1-2H3,(H,17,21). The Hall–Kier alpha value is -1.89. The van der Waals surface area contributed by atoms with Gasteiger partial charge in [-0.25, -0.2) is 10.5 Å². The molecule has 21 heavy (non-hydrogen) atoms. The van der Waals surface area contributed by atoms with Gasteiger partial charge in [-0.2, -0.15) is 5.10 Å². The first-order valence-corrected chi connectivity index (χ1v) is 7.27. The zero-order valence-corrected chi connectivity index (χ0v) is 12.6. The fourth-order valence-corrected chi connectivity index (χ4v) is 2.51. The van der Waals surface area contributed by atoms with Gasteiger partial charge in [0.2, 0.25) is 5.91 Å². The minimum Gasteiger partial charge on any atom is -0.370 e. The topological polar surface area (TPSA) is 93.2 Å². The summed E-state index contributed by atoms with van der Waals surface area (Å²) in [5, 5.41) is 4.20. The number of hydrazine groups is 1. The summed E-state index contributed by atoms with van der Waals surface area (Å²) in [4.78, 5) is 26.0. The molecule has 2 heterocycles. The summed E-state index contributed by atoms with van der Waals surface area (Å²) in [5.41, 5.74) is 1.98. The zero-order chi connectivity index (χ0) is 15.5. The molecule has 1 amide bonds. The maximum atomic E-state index is 12.2. The van der Waals surface area contributed by atoms with E-state index in [1.807, 2.05) is 0 Å². The van der Waals surface area contributed by atoms with Gasteiger partial charge in [-0.15, -0.1) is 0 Å². The highest BCUT2D eigenvalue weighted by molar-refractivity contribution is 5.81. The van der Waals surface area contributed by atoms with Crippen LogP contribution in [0.1, 0.15) is 33.1 Å². The summed E-state index contributed by atoms with van der Waals surface area (Å²) >= 11 is 0. The van der Waals surface area contributed by atoms with E-state index in [0.29, 0.717) is 0 Å². The van der Waals surface area contributed by atoms with E-state index in [1.54, 1.807) is 26.1 Å². The monoisotopic (exact) mass is 293 g/mol. The number of hydrogen-bond donors (Lipinski definition) is 2. The van der Waals surface area contributed by atoms with Crippen LogP contribution in [0, 0.1) is 5.41 Å². The van der Waals surface area contributed by atoms with Crippen molar-refractivity contribution in [2.75, 3.05) is 18.0 Å². The molecule has 0 saturated carbocycles. The van der Waals surface area contributed by atoms with E-state index < -0.39 is 5.41 Å². The Morgan fingerprint density at radius 2 is 2.05 bits per heavy atom. The van der Waals surface area contributed by atoms with Gasteiger partial charge in [-0.3, -0.25) is 15.0 Å². The molecule has 0 radical (unpaired) electrons. The summed E-state index contributed by atoms with van der Waals surface area (Å²) in [6.07, 6.45) is 5.23. The first-order valence-electron chi connectivity index (χ1n) is 7.27. The van der Waals surface area contributed by atoms with Crippen LogP contribution in [0.25, 0.3) is 0 Å². The minimum absolute atomic E-state index is 0.190. The fourth-order valence-electron chi connectivity index (χ4n) is 2.51. The second-order valence-corrected chi connectivity index (χ2v) is 6.11. The van der Waals surface area contributed by atoms with E-state index >= 15 is 0 Å². The number of carbonyl (C=O) groups excluding carboxylic acids is 1. The summed E-state index contributed by atoms with van der Waals surface area (Å²) in [7, 11) is 0. The molecule has 0 bridgehead atoms. The van der Waals surface area contributed by atoms with E-state index in [1.165, 1.54) is 11.1 Å². The molecule has 2 rings (SSSR count). The van der Waals surface area contributed by atoms with Crippen LogP contribution in [-0.2, 0) is 11.3 Å². The van der Waals surface area contributed by atoms with Crippen molar-refractivity contribution in [3.8, 4) is 0 Å². The molecule has 1 aliphatic heterocycles. The van der Waals surface area contributed by atoms with Crippen LogP contribution in [0.4, 0.5) is 5.69 Å². The number of nitrogens with one attached hydrogen (secondary N) is 1. The molecule has 0 aromatic carbocycles. The molecular formula is C14H23N5O2. The van der Waals surface area contributed by atoms with E-state index in [0.717, 1.165) is 31.6 Å². The average molecular weight is 293 g/mol. The van der Waals surface area contributed by atoms with Gasteiger partial charge in [-0.05, 0) is 33.1 Å². The number of hydrogen-bond acceptors (Lipinski definition) is 5. The lowest BCUT2D eigenvalue weighted by molar-refractivity contribution is -0.130. The Bertz CT molecular complexity index is 561. The number of anilines is 1. The van der Waals surface area contributed by atoms with E-state index in [4.69, 9.17) is 5.84 Å².